The molecule has 2 saturated heterocycles. The molecule has 0 bridgehead atoms. The van der Waals surface area contributed by atoms with Gasteiger partial charge in [0.1, 0.15) is 0 Å². The van der Waals surface area contributed by atoms with Gasteiger partial charge in [-0.25, -0.2) is 0 Å². The minimum absolute atomic E-state index is 0.0736. The van der Waals surface area contributed by atoms with Gasteiger partial charge in [-0.15, -0.1) is 0 Å². The third kappa shape index (κ3) is 1.87. The molecule has 0 saturated carbocycles. The summed E-state index contributed by atoms with van der Waals surface area (Å²) in [5.74, 6) is 0. The number of rotatable bonds is 0. The molecule has 0 radical (unpaired) electrons. The van der Waals surface area contributed by atoms with E-state index in [2.05, 4.69) is 19.2 Å². The van der Waals surface area contributed by atoms with Gasteiger partial charge in [0.05, 0.1) is 11.7 Å². The van der Waals surface area contributed by atoms with Crippen molar-refractivity contribution >= 4 is 0 Å². The first kappa shape index (κ1) is 9.44. The van der Waals surface area contributed by atoms with Gasteiger partial charge in [-0.3, -0.25) is 0 Å². The van der Waals surface area contributed by atoms with Crippen LogP contribution in [0.15, 0.2) is 0 Å². The lowest BCUT2D eigenvalue weighted by molar-refractivity contribution is -0.165. The van der Waals surface area contributed by atoms with E-state index >= 15 is 0 Å². The van der Waals surface area contributed by atoms with Crippen LogP contribution in [0.5, 0.6) is 0 Å². The smallest absolute Gasteiger partial charge is 0.0854 e. The van der Waals surface area contributed by atoms with E-state index in [4.69, 9.17) is 9.47 Å². The molecule has 0 aromatic carbocycles. The summed E-state index contributed by atoms with van der Waals surface area (Å²) in [6.45, 7) is 7.01. The predicted octanol–water partition coefficient (Wildman–Crippen LogP) is 0.932. The fraction of sp³-hybridized carbons (Fsp3) is 1.00. The minimum atomic E-state index is 0.0736. The number of hydrogen-bond donors (Lipinski definition) is 1. The molecule has 1 N–H and O–H groups in total. The van der Waals surface area contributed by atoms with Crippen molar-refractivity contribution in [1.29, 1.82) is 0 Å². The van der Waals surface area contributed by atoms with Crippen LogP contribution in [0.4, 0.5) is 0 Å². The van der Waals surface area contributed by atoms with Gasteiger partial charge in [0.15, 0.2) is 0 Å². The van der Waals surface area contributed by atoms with Crippen LogP contribution in [0.1, 0.15) is 26.7 Å². The molecule has 0 aliphatic carbocycles. The maximum absolute atomic E-state index is 6.08. The predicted molar refractivity (Wildman–Crippen MR) is 50.8 cm³/mol. The van der Waals surface area contributed by atoms with Gasteiger partial charge in [-0.2, -0.15) is 0 Å². The maximum Gasteiger partial charge on any atom is 0.0854 e. The fourth-order valence-corrected chi connectivity index (χ4v) is 2.09. The summed E-state index contributed by atoms with van der Waals surface area (Å²) < 4.78 is 11.4. The van der Waals surface area contributed by atoms with Gasteiger partial charge < -0.3 is 14.8 Å². The van der Waals surface area contributed by atoms with Crippen molar-refractivity contribution in [2.45, 2.75) is 44.4 Å². The SMILES string of the molecule is CC1NCC2(CCOCC2)OC1C. The fourth-order valence-electron chi connectivity index (χ4n) is 2.09. The van der Waals surface area contributed by atoms with Crippen LogP contribution in [-0.2, 0) is 9.47 Å². The summed E-state index contributed by atoms with van der Waals surface area (Å²) >= 11 is 0. The van der Waals surface area contributed by atoms with Crippen molar-refractivity contribution in [3.05, 3.63) is 0 Å². The number of hydrogen-bond acceptors (Lipinski definition) is 3. The Morgan fingerprint density at radius 2 is 1.92 bits per heavy atom. The zero-order chi connectivity index (χ0) is 9.31. The second kappa shape index (κ2) is 3.56. The second-order valence-electron chi connectivity index (χ2n) is 4.29. The summed E-state index contributed by atoms with van der Waals surface area (Å²) in [7, 11) is 0. The Bertz CT molecular complexity index is 178. The molecule has 0 aromatic heterocycles. The van der Waals surface area contributed by atoms with Crippen LogP contribution in [0.2, 0.25) is 0 Å². The first-order valence-electron chi connectivity index (χ1n) is 5.21. The van der Waals surface area contributed by atoms with E-state index in [0.29, 0.717) is 12.1 Å². The van der Waals surface area contributed by atoms with Crippen LogP contribution in [0.25, 0.3) is 0 Å². The molecule has 0 amide bonds. The molecule has 3 heteroatoms. The van der Waals surface area contributed by atoms with Crippen LogP contribution in [0, 0.1) is 0 Å². The molecule has 76 valence electrons. The molecular formula is C10H19NO2. The molecule has 2 unspecified atom stereocenters. The van der Waals surface area contributed by atoms with Crippen LogP contribution in [-0.4, -0.2) is 37.5 Å². The van der Waals surface area contributed by atoms with Gasteiger partial charge in [0.25, 0.3) is 0 Å². The molecule has 2 atom stereocenters. The Morgan fingerprint density at radius 3 is 2.54 bits per heavy atom. The Balaban J connectivity index is 1.99. The quantitative estimate of drug-likeness (QED) is 0.609. The summed E-state index contributed by atoms with van der Waals surface area (Å²) in [6, 6.07) is 0.480. The lowest BCUT2D eigenvalue weighted by Crippen LogP contribution is -2.59. The standard InChI is InChI=1S/C10H19NO2/c1-8-9(2)13-10(7-11-8)3-5-12-6-4-10/h8-9,11H,3-7H2,1-2H3. The zero-order valence-electron chi connectivity index (χ0n) is 8.51. The topological polar surface area (TPSA) is 30.5 Å². The van der Waals surface area contributed by atoms with E-state index in [1.54, 1.807) is 0 Å². The molecule has 0 aromatic rings. The van der Waals surface area contributed by atoms with E-state index in [1.165, 1.54) is 0 Å². The van der Waals surface area contributed by atoms with Gasteiger partial charge >= 0.3 is 0 Å². The van der Waals surface area contributed by atoms with E-state index in [-0.39, 0.29) is 5.60 Å². The molecule has 1 spiro atoms. The highest BCUT2D eigenvalue weighted by Crippen LogP contribution is 2.29. The van der Waals surface area contributed by atoms with Crippen molar-refractivity contribution in [1.82, 2.24) is 5.32 Å². The van der Waals surface area contributed by atoms with Crippen LogP contribution >= 0.6 is 0 Å². The first-order chi connectivity index (χ1) is 6.22. The highest BCUT2D eigenvalue weighted by atomic mass is 16.5. The number of morpholine rings is 1. The summed E-state index contributed by atoms with van der Waals surface area (Å²) in [6.07, 6.45) is 2.40. The van der Waals surface area contributed by atoms with Gasteiger partial charge in [-0.1, -0.05) is 0 Å². The van der Waals surface area contributed by atoms with Crippen molar-refractivity contribution < 1.29 is 9.47 Å². The maximum atomic E-state index is 6.08. The van der Waals surface area contributed by atoms with E-state index in [1.807, 2.05) is 0 Å². The van der Waals surface area contributed by atoms with Crippen molar-refractivity contribution in [2.75, 3.05) is 19.8 Å². The molecule has 13 heavy (non-hydrogen) atoms. The average molecular weight is 185 g/mol. The number of ether oxygens (including phenoxy) is 2. The molecule has 2 aliphatic heterocycles. The number of nitrogens with one attached hydrogen (secondary N) is 1. The minimum Gasteiger partial charge on any atom is -0.381 e. The Labute approximate surface area is 79.8 Å². The molecule has 3 nitrogen and oxygen atoms in total. The zero-order valence-corrected chi connectivity index (χ0v) is 8.51. The monoisotopic (exact) mass is 185 g/mol. The molecular weight excluding hydrogens is 166 g/mol. The lowest BCUT2D eigenvalue weighted by atomic mass is 9.91. The van der Waals surface area contributed by atoms with Crippen LogP contribution in [0.3, 0.4) is 0 Å². The molecule has 2 rings (SSSR count). The third-order valence-corrected chi connectivity index (χ3v) is 3.29. The van der Waals surface area contributed by atoms with E-state index < -0.39 is 0 Å². The van der Waals surface area contributed by atoms with E-state index in [0.717, 1.165) is 32.6 Å². The Morgan fingerprint density at radius 1 is 1.23 bits per heavy atom. The highest BCUT2D eigenvalue weighted by Gasteiger charge is 2.39. The molecule has 2 heterocycles. The Kier molecular flexibility index (Phi) is 2.58. The van der Waals surface area contributed by atoms with Gasteiger partial charge in [0.2, 0.25) is 0 Å². The van der Waals surface area contributed by atoms with Crippen molar-refractivity contribution in [3.63, 3.8) is 0 Å². The molecule has 2 aliphatic rings. The first-order valence-corrected chi connectivity index (χ1v) is 5.21. The largest absolute Gasteiger partial charge is 0.381 e. The summed E-state index contributed by atoms with van der Waals surface area (Å²) in [5, 5.41) is 3.51. The second-order valence-corrected chi connectivity index (χ2v) is 4.29. The summed E-state index contributed by atoms with van der Waals surface area (Å²) in [4.78, 5) is 0. The van der Waals surface area contributed by atoms with Crippen molar-refractivity contribution in [2.24, 2.45) is 0 Å². The van der Waals surface area contributed by atoms with Gasteiger partial charge in [0, 0.05) is 38.6 Å². The average Bonchev–Trinajstić information content (AvgIpc) is 2.14. The third-order valence-electron chi connectivity index (χ3n) is 3.29. The van der Waals surface area contributed by atoms with Crippen LogP contribution < -0.4 is 5.32 Å². The molecule has 2 fully saturated rings. The Hall–Kier alpha value is -0.120. The highest BCUT2D eigenvalue weighted by molar-refractivity contribution is 4.92. The van der Waals surface area contributed by atoms with E-state index in [9.17, 15) is 0 Å². The van der Waals surface area contributed by atoms with Crippen molar-refractivity contribution in [3.8, 4) is 0 Å². The van der Waals surface area contributed by atoms with Gasteiger partial charge in [-0.05, 0) is 13.8 Å². The lowest BCUT2D eigenvalue weighted by Gasteiger charge is -2.45. The summed E-state index contributed by atoms with van der Waals surface area (Å²) in [5.41, 5.74) is 0.0736. The normalized spacial score (nSPS) is 39.2.